The number of ether oxygens (including phenoxy) is 1. The van der Waals surface area contributed by atoms with Gasteiger partial charge in [0, 0.05) is 28.3 Å². The Morgan fingerprint density at radius 1 is 0.917 bits per heavy atom. The zero-order valence-corrected chi connectivity index (χ0v) is 22.8. The highest BCUT2D eigenvalue weighted by Crippen LogP contribution is 2.40. The third kappa shape index (κ3) is 7.22. The first-order valence-electron chi connectivity index (χ1n) is 12.7. The zero-order valence-electron chi connectivity index (χ0n) is 22.0. The topological polar surface area (TPSA) is 49.8 Å². The highest BCUT2D eigenvalue weighted by molar-refractivity contribution is 8.00. The fourth-order valence-corrected chi connectivity index (χ4v) is 5.84. The van der Waals surface area contributed by atoms with Gasteiger partial charge in [-0.25, -0.2) is 0 Å². The first-order chi connectivity index (χ1) is 17.2. The summed E-state index contributed by atoms with van der Waals surface area (Å²) < 4.78 is 4.92. The van der Waals surface area contributed by atoms with Crippen LogP contribution >= 0.6 is 11.8 Å². The standard InChI is InChI=1S/C31H39NO3S/c1-6-35-30(34)28(29(33)31(4,5)36-27-20-14-9-15-21-27)24(3)32(22-25-16-10-7-11-17-25)23(2)26-18-12-8-13-19-26/h7-21,23-24,28-29,33H,6,22H2,1-5H3/t23-,24-,28-,29+/m0/s1. The SMILES string of the molecule is CCOC(=O)[C@H]([C@@H](O)C(C)(C)Sc1ccccc1)[C@H](C)N(Cc1ccccc1)[C@@H](C)c1ccccc1. The quantitative estimate of drug-likeness (QED) is 0.218. The minimum absolute atomic E-state index is 0.0235. The first-order valence-corrected chi connectivity index (χ1v) is 13.5. The van der Waals surface area contributed by atoms with Crippen molar-refractivity contribution in [2.24, 2.45) is 5.92 Å². The van der Waals surface area contributed by atoms with Crippen molar-refractivity contribution < 1.29 is 14.6 Å². The van der Waals surface area contributed by atoms with Gasteiger partial charge < -0.3 is 9.84 Å². The van der Waals surface area contributed by atoms with Crippen molar-refractivity contribution in [2.75, 3.05) is 6.61 Å². The number of aliphatic hydroxyl groups is 1. The van der Waals surface area contributed by atoms with Crippen LogP contribution in [-0.4, -0.2) is 39.5 Å². The van der Waals surface area contributed by atoms with Crippen molar-refractivity contribution in [2.45, 2.75) is 69.0 Å². The molecule has 3 rings (SSSR count). The molecule has 4 nitrogen and oxygen atoms in total. The largest absolute Gasteiger partial charge is 0.466 e. The van der Waals surface area contributed by atoms with Crippen LogP contribution < -0.4 is 0 Å². The Bertz CT molecular complexity index is 1060. The Morgan fingerprint density at radius 3 is 2.00 bits per heavy atom. The van der Waals surface area contributed by atoms with E-state index in [1.165, 1.54) is 0 Å². The fraction of sp³-hybridized carbons (Fsp3) is 0.387. The lowest BCUT2D eigenvalue weighted by molar-refractivity contribution is -0.157. The summed E-state index contributed by atoms with van der Waals surface area (Å²) in [7, 11) is 0. The summed E-state index contributed by atoms with van der Waals surface area (Å²) in [5.74, 6) is -1.09. The maximum Gasteiger partial charge on any atom is 0.313 e. The molecule has 36 heavy (non-hydrogen) atoms. The van der Waals surface area contributed by atoms with Gasteiger partial charge in [-0.05, 0) is 57.9 Å². The van der Waals surface area contributed by atoms with Crippen LogP contribution in [0.1, 0.15) is 51.8 Å². The second-order valence-electron chi connectivity index (χ2n) is 9.73. The molecular formula is C31H39NO3S. The molecule has 0 saturated carbocycles. The van der Waals surface area contributed by atoms with Crippen LogP contribution in [0.15, 0.2) is 95.9 Å². The van der Waals surface area contributed by atoms with Gasteiger partial charge in [0.15, 0.2) is 0 Å². The molecule has 5 heteroatoms. The van der Waals surface area contributed by atoms with E-state index in [4.69, 9.17) is 4.74 Å². The molecule has 0 fully saturated rings. The van der Waals surface area contributed by atoms with Crippen LogP contribution in [0.5, 0.6) is 0 Å². The van der Waals surface area contributed by atoms with Crippen LogP contribution in [0.2, 0.25) is 0 Å². The third-order valence-electron chi connectivity index (χ3n) is 6.77. The molecule has 192 valence electrons. The van der Waals surface area contributed by atoms with Crippen molar-refractivity contribution >= 4 is 17.7 Å². The molecular weight excluding hydrogens is 466 g/mol. The predicted octanol–water partition coefficient (Wildman–Crippen LogP) is 6.75. The second-order valence-corrected chi connectivity index (χ2v) is 11.5. The lowest BCUT2D eigenvalue weighted by Crippen LogP contribution is -2.53. The van der Waals surface area contributed by atoms with Gasteiger partial charge >= 0.3 is 5.97 Å². The summed E-state index contributed by atoms with van der Waals surface area (Å²) in [6, 6.07) is 30.3. The summed E-state index contributed by atoms with van der Waals surface area (Å²) in [5.41, 5.74) is 2.32. The van der Waals surface area contributed by atoms with E-state index in [0.717, 1.165) is 16.0 Å². The number of carbonyl (C=O) groups excluding carboxylic acids is 1. The molecule has 1 N–H and O–H groups in total. The van der Waals surface area contributed by atoms with Gasteiger partial charge in [-0.2, -0.15) is 0 Å². The molecule has 3 aromatic rings. The van der Waals surface area contributed by atoms with Gasteiger partial charge in [0.2, 0.25) is 0 Å². The average Bonchev–Trinajstić information content (AvgIpc) is 2.88. The Balaban J connectivity index is 1.98. The van der Waals surface area contributed by atoms with Crippen LogP contribution in [-0.2, 0) is 16.1 Å². The minimum atomic E-state index is -0.932. The van der Waals surface area contributed by atoms with Gasteiger partial charge in [0.1, 0.15) is 0 Å². The van der Waals surface area contributed by atoms with E-state index >= 15 is 0 Å². The molecule has 4 atom stereocenters. The van der Waals surface area contributed by atoms with Crippen LogP contribution in [0, 0.1) is 5.92 Å². The molecule has 0 heterocycles. The van der Waals surface area contributed by atoms with E-state index in [1.807, 2.05) is 94.4 Å². The lowest BCUT2D eigenvalue weighted by Gasteiger charge is -2.43. The zero-order chi connectivity index (χ0) is 26.1. The molecule has 0 aliphatic carbocycles. The maximum absolute atomic E-state index is 13.4. The number of aliphatic hydroxyl groups excluding tert-OH is 1. The highest BCUT2D eigenvalue weighted by atomic mass is 32.2. The molecule has 0 amide bonds. The summed E-state index contributed by atoms with van der Waals surface area (Å²) in [6.07, 6.45) is -0.932. The van der Waals surface area contributed by atoms with Crippen molar-refractivity contribution in [3.63, 3.8) is 0 Å². The fourth-order valence-electron chi connectivity index (χ4n) is 4.67. The van der Waals surface area contributed by atoms with Crippen molar-refractivity contribution in [1.29, 1.82) is 0 Å². The van der Waals surface area contributed by atoms with Gasteiger partial charge in [0.25, 0.3) is 0 Å². The Kier molecular flexibility index (Phi) is 10.2. The minimum Gasteiger partial charge on any atom is -0.466 e. The smallest absolute Gasteiger partial charge is 0.313 e. The van der Waals surface area contributed by atoms with Crippen LogP contribution in [0.3, 0.4) is 0 Å². The predicted molar refractivity (Wildman–Crippen MR) is 149 cm³/mol. The van der Waals surface area contributed by atoms with Crippen LogP contribution in [0.4, 0.5) is 0 Å². The molecule has 0 radical (unpaired) electrons. The number of rotatable bonds is 12. The number of carbonyl (C=O) groups is 1. The van der Waals surface area contributed by atoms with E-state index in [1.54, 1.807) is 11.8 Å². The summed E-state index contributed by atoms with van der Waals surface area (Å²) in [4.78, 5) is 16.8. The normalized spacial score (nSPS) is 15.2. The average molecular weight is 506 g/mol. The number of hydrogen-bond donors (Lipinski definition) is 1. The summed E-state index contributed by atoms with van der Waals surface area (Å²) in [5, 5.41) is 11.8. The van der Waals surface area contributed by atoms with E-state index < -0.39 is 16.8 Å². The highest BCUT2D eigenvalue weighted by Gasteiger charge is 2.45. The molecule has 0 aromatic heterocycles. The molecule has 0 aliphatic heterocycles. The Morgan fingerprint density at radius 2 is 1.44 bits per heavy atom. The molecule has 0 aliphatic rings. The second kappa shape index (κ2) is 13.1. The van der Waals surface area contributed by atoms with E-state index in [-0.39, 0.29) is 24.7 Å². The number of benzene rings is 3. The van der Waals surface area contributed by atoms with Gasteiger partial charge in [-0.1, -0.05) is 78.9 Å². The maximum atomic E-state index is 13.4. The molecule has 0 saturated heterocycles. The first kappa shape index (κ1) is 28.0. The molecule has 0 bridgehead atoms. The van der Waals surface area contributed by atoms with Crippen LogP contribution in [0.25, 0.3) is 0 Å². The lowest BCUT2D eigenvalue weighted by atomic mass is 9.85. The van der Waals surface area contributed by atoms with Crippen molar-refractivity contribution in [3.05, 3.63) is 102 Å². The number of thioether (sulfide) groups is 1. The van der Waals surface area contributed by atoms with Gasteiger partial charge in [-0.15, -0.1) is 11.8 Å². The van der Waals surface area contributed by atoms with Crippen molar-refractivity contribution in [1.82, 2.24) is 4.90 Å². The van der Waals surface area contributed by atoms with E-state index in [0.29, 0.717) is 6.54 Å². The van der Waals surface area contributed by atoms with E-state index in [2.05, 4.69) is 36.1 Å². The molecule has 0 spiro atoms. The number of hydrogen-bond acceptors (Lipinski definition) is 5. The monoisotopic (exact) mass is 505 g/mol. The Hall–Kier alpha value is -2.60. The number of esters is 1. The Labute approximate surface area is 220 Å². The summed E-state index contributed by atoms with van der Waals surface area (Å²) >= 11 is 1.58. The molecule has 0 unspecified atom stereocenters. The third-order valence-corrected chi connectivity index (χ3v) is 8.04. The van der Waals surface area contributed by atoms with Crippen molar-refractivity contribution in [3.8, 4) is 0 Å². The van der Waals surface area contributed by atoms with E-state index in [9.17, 15) is 9.90 Å². The molecule has 3 aromatic carbocycles. The van der Waals surface area contributed by atoms with Gasteiger partial charge in [0.05, 0.1) is 18.6 Å². The number of nitrogens with zero attached hydrogens (tertiary/aromatic N) is 1. The summed E-state index contributed by atoms with van der Waals surface area (Å²) in [6.45, 7) is 10.9. The van der Waals surface area contributed by atoms with Gasteiger partial charge in [-0.3, -0.25) is 9.69 Å².